The number of fused-ring (bicyclic) bond motifs is 1. The smallest absolute Gasteiger partial charge is 0.308 e. The summed E-state index contributed by atoms with van der Waals surface area (Å²) >= 11 is 0. The summed E-state index contributed by atoms with van der Waals surface area (Å²) in [7, 11) is 0. The van der Waals surface area contributed by atoms with Gasteiger partial charge in [-0.05, 0) is 122 Å². The van der Waals surface area contributed by atoms with Crippen LogP contribution in [0, 0.1) is 37.5 Å². The van der Waals surface area contributed by atoms with Gasteiger partial charge in [0.15, 0.2) is 0 Å². The van der Waals surface area contributed by atoms with Crippen molar-refractivity contribution in [3.63, 3.8) is 0 Å². The van der Waals surface area contributed by atoms with Crippen LogP contribution in [0.25, 0.3) is 44.9 Å². The van der Waals surface area contributed by atoms with Gasteiger partial charge in [0.05, 0.1) is 44.7 Å². The lowest BCUT2D eigenvalue weighted by atomic mass is 10.0. The molecule has 8 rings (SSSR count). The minimum atomic E-state index is -5.02. The number of halogens is 12. The Morgan fingerprint density at radius 2 is 0.591 bits per heavy atom. The van der Waals surface area contributed by atoms with Gasteiger partial charge in [0, 0.05) is 33.6 Å². The maximum atomic E-state index is 13.5. The maximum Gasteiger partial charge on any atom is 0.416 e. The first-order valence-corrected chi connectivity index (χ1v) is 19.8. The van der Waals surface area contributed by atoms with Gasteiger partial charge < -0.3 is 9.13 Å². The van der Waals surface area contributed by atoms with Crippen molar-refractivity contribution in [2.75, 3.05) is 0 Å². The molecule has 6 aromatic carbocycles. The van der Waals surface area contributed by atoms with E-state index in [1.165, 1.54) is 0 Å². The van der Waals surface area contributed by atoms with Crippen LogP contribution in [0.4, 0.5) is 52.7 Å². The van der Waals surface area contributed by atoms with E-state index in [2.05, 4.69) is 23.7 Å². The summed E-state index contributed by atoms with van der Waals surface area (Å²) in [5.74, 6) is 10.3. The third-order valence-electron chi connectivity index (χ3n) is 10.6. The molecule has 2 nitrogen and oxygen atoms in total. The molecule has 0 aliphatic rings. The van der Waals surface area contributed by atoms with Gasteiger partial charge in [-0.2, -0.15) is 52.7 Å². The zero-order chi connectivity index (χ0) is 47.3. The number of aromatic nitrogens is 2. The summed E-state index contributed by atoms with van der Waals surface area (Å²) in [5.41, 5.74) is 1.92. The average Bonchev–Trinajstić information content (AvgIpc) is 3.81. The summed E-state index contributed by atoms with van der Waals surface area (Å²) in [4.78, 5) is 0. The van der Waals surface area contributed by atoms with Gasteiger partial charge in [0.2, 0.25) is 0 Å². The van der Waals surface area contributed by atoms with Crippen molar-refractivity contribution in [2.24, 2.45) is 0 Å². The van der Waals surface area contributed by atoms with Crippen molar-refractivity contribution >= 4 is 11.0 Å². The first-order chi connectivity index (χ1) is 31.0. The van der Waals surface area contributed by atoms with Gasteiger partial charge in [-0.1, -0.05) is 83.3 Å². The number of aryl methyl sites for hydroxylation is 2. The third kappa shape index (κ3) is 9.59. The zero-order valence-electron chi connectivity index (χ0n) is 34.3. The highest BCUT2D eigenvalue weighted by atomic mass is 19.4. The van der Waals surface area contributed by atoms with Gasteiger partial charge in [0.1, 0.15) is 0 Å². The molecular weight excluding hydrogens is 881 g/mol. The van der Waals surface area contributed by atoms with E-state index in [1.807, 2.05) is 83.6 Å². The fourth-order valence-electron chi connectivity index (χ4n) is 7.31. The molecule has 0 atom stereocenters. The molecule has 0 N–H and O–H groups in total. The lowest BCUT2D eigenvalue weighted by Gasteiger charge is -2.13. The number of hydrogen-bond acceptors (Lipinski definition) is 0. The van der Waals surface area contributed by atoms with Crippen LogP contribution in [0.5, 0.6) is 0 Å². The van der Waals surface area contributed by atoms with Crippen molar-refractivity contribution in [1.82, 2.24) is 9.13 Å². The molecule has 332 valence electrons. The molecule has 0 spiro atoms. The lowest BCUT2D eigenvalue weighted by Crippen LogP contribution is -2.11. The molecule has 0 aliphatic heterocycles. The highest BCUT2D eigenvalue weighted by Gasteiger charge is 2.38. The first kappa shape index (κ1) is 45.0. The second-order valence-electron chi connectivity index (χ2n) is 15.4. The van der Waals surface area contributed by atoms with E-state index in [0.717, 1.165) is 44.9 Å². The van der Waals surface area contributed by atoms with E-state index in [9.17, 15) is 52.7 Å². The van der Waals surface area contributed by atoms with Crippen LogP contribution < -0.4 is 0 Å². The summed E-state index contributed by atoms with van der Waals surface area (Å²) in [6, 6.07) is 35.3. The topological polar surface area (TPSA) is 9.86 Å². The Morgan fingerprint density at radius 1 is 0.318 bits per heavy atom. The van der Waals surface area contributed by atoms with Gasteiger partial charge in [-0.15, -0.1) is 0 Å². The number of alkyl halides is 12. The predicted molar refractivity (Wildman–Crippen MR) is 228 cm³/mol. The van der Waals surface area contributed by atoms with E-state index in [4.69, 9.17) is 0 Å². The fraction of sp³-hybridized carbons (Fsp3) is 0.115. The standard InChI is InChI=1S/C52H30F12N2/c1-31-3-19-43(20-4-31)65-45(37-15-11-33(12-16-37)7-9-35-23-39(49(53,54)55)27-40(24-35)50(56,57)58)29-48-47(65)30-46(66(48)44-21-5-32(2)6-22-44)38-17-13-34(14-18-38)8-10-36-25-41(51(59,60)61)28-42(26-36)52(62,63)64/h3-6,11-30H,1-2H3. The monoisotopic (exact) mass is 910 g/mol. The average molecular weight is 911 g/mol. The number of nitrogens with zero attached hydrogens (tertiary/aromatic N) is 2. The van der Waals surface area contributed by atoms with Crippen LogP contribution in [-0.4, -0.2) is 9.13 Å². The van der Waals surface area contributed by atoms with Gasteiger partial charge in [-0.25, -0.2) is 0 Å². The molecule has 0 amide bonds. The Kier molecular flexibility index (Phi) is 11.4. The highest BCUT2D eigenvalue weighted by molar-refractivity contribution is 5.94. The number of rotatable bonds is 4. The van der Waals surface area contributed by atoms with Crippen LogP contribution in [0.3, 0.4) is 0 Å². The molecule has 0 bridgehead atoms. The molecule has 0 radical (unpaired) electrons. The SMILES string of the molecule is Cc1ccc(-n2c(-c3ccc(C#Cc4cc(C(F)(F)F)cc(C(F)(F)F)c4)cc3)cc3c2cc(-c2ccc(C#Cc4cc(C(F)(F)F)cc(C(F)(F)F)c4)cc2)n3-c2ccc(C)cc2)cc1. The highest BCUT2D eigenvalue weighted by Crippen LogP contribution is 2.41. The molecule has 66 heavy (non-hydrogen) atoms. The van der Waals surface area contributed by atoms with Crippen molar-refractivity contribution in [2.45, 2.75) is 38.6 Å². The van der Waals surface area contributed by atoms with Gasteiger partial charge in [0.25, 0.3) is 0 Å². The summed E-state index contributed by atoms with van der Waals surface area (Å²) in [5, 5.41) is 0. The molecule has 0 saturated carbocycles. The Labute approximate surface area is 369 Å². The normalized spacial score (nSPS) is 12.2. The van der Waals surface area contributed by atoms with E-state index in [1.54, 1.807) is 48.5 Å². The van der Waals surface area contributed by atoms with Gasteiger partial charge in [-0.3, -0.25) is 0 Å². The molecule has 0 aliphatic carbocycles. The summed E-state index contributed by atoms with van der Waals surface area (Å²) < 4.78 is 166. The Bertz CT molecular complexity index is 2940. The summed E-state index contributed by atoms with van der Waals surface area (Å²) in [6.45, 7) is 3.89. The minimum Gasteiger partial charge on any atom is -0.308 e. The van der Waals surface area contributed by atoms with Crippen molar-refractivity contribution in [1.29, 1.82) is 0 Å². The second kappa shape index (κ2) is 16.8. The van der Waals surface area contributed by atoms with E-state index >= 15 is 0 Å². The van der Waals surface area contributed by atoms with Gasteiger partial charge >= 0.3 is 24.7 Å². The molecular formula is C52H30F12N2. The van der Waals surface area contributed by atoms with Crippen LogP contribution in [0.2, 0.25) is 0 Å². The van der Waals surface area contributed by atoms with Crippen molar-refractivity contribution in [3.05, 3.63) is 201 Å². The van der Waals surface area contributed by atoms with Crippen LogP contribution in [-0.2, 0) is 24.7 Å². The van der Waals surface area contributed by atoms with Crippen LogP contribution in [0.1, 0.15) is 55.6 Å². The first-order valence-electron chi connectivity index (χ1n) is 19.8. The van der Waals surface area contributed by atoms with E-state index < -0.39 is 58.1 Å². The third-order valence-corrected chi connectivity index (χ3v) is 10.6. The number of benzene rings is 6. The summed E-state index contributed by atoms with van der Waals surface area (Å²) in [6.07, 6.45) is -20.1. The molecule has 0 unspecified atom stereocenters. The molecule has 2 aromatic heterocycles. The lowest BCUT2D eigenvalue weighted by molar-refractivity contribution is -0.144. The van der Waals surface area contributed by atoms with Crippen LogP contribution in [0.15, 0.2) is 146 Å². The van der Waals surface area contributed by atoms with E-state index in [0.29, 0.717) is 46.5 Å². The predicted octanol–water partition coefficient (Wildman–Crippen LogP) is 15.2. The molecule has 14 heteroatoms. The Balaban J connectivity index is 1.21. The van der Waals surface area contributed by atoms with Crippen LogP contribution >= 0.6 is 0 Å². The van der Waals surface area contributed by atoms with E-state index in [-0.39, 0.29) is 12.1 Å². The Morgan fingerprint density at radius 3 is 0.864 bits per heavy atom. The molecule has 8 aromatic rings. The minimum absolute atomic E-state index is 0.0452. The largest absolute Gasteiger partial charge is 0.416 e. The molecule has 2 heterocycles. The quantitative estimate of drug-likeness (QED) is 0.123. The zero-order valence-corrected chi connectivity index (χ0v) is 34.3. The molecule has 0 fully saturated rings. The maximum absolute atomic E-state index is 13.5. The fourth-order valence-corrected chi connectivity index (χ4v) is 7.31. The number of hydrogen-bond donors (Lipinski definition) is 0. The van der Waals surface area contributed by atoms with Crippen molar-refractivity contribution in [3.8, 4) is 57.6 Å². The Hall–Kier alpha value is -7.58. The second-order valence-corrected chi connectivity index (χ2v) is 15.4. The molecule has 0 saturated heterocycles. The van der Waals surface area contributed by atoms with Crippen molar-refractivity contribution < 1.29 is 52.7 Å².